The lowest BCUT2D eigenvalue weighted by Crippen LogP contribution is -2.15. The lowest BCUT2D eigenvalue weighted by Gasteiger charge is -2.13. The lowest BCUT2D eigenvalue weighted by molar-refractivity contribution is 0.102. The van der Waals surface area contributed by atoms with E-state index < -0.39 is 9.84 Å². The zero-order chi connectivity index (χ0) is 18.1. The minimum atomic E-state index is -3.41. The zero-order valence-corrected chi connectivity index (χ0v) is 16.1. The number of aromatic nitrogens is 1. The van der Waals surface area contributed by atoms with Gasteiger partial charge in [0, 0.05) is 5.41 Å². The molecule has 1 N–H and O–H groups in total. The summed E-state index contributed by atoms with van der Waals surface area (Å²) < 4.78 is 24.4. The molecular formula is C17H22N2O3S2. The van der Waals surface area contributed by atoms with Gasteiger partial charge in [-0.3, -0.25) is 4.79 Å². The first-order valence-electron chi connectivity index (χ1n) is 7.67. The smallest absolute Gasteiger partial charge is 0.267 e. The second-order valence-corrected chi connectivity index (χ2v) is 9.78. The fraction of sp³-hybridized carbons (Fsp3) is 0.412. The Morgan fingerprint density at radius 3 is 2.42 bits per heavy atom. The third kappa shape index (κ3) is 3.84. The number of hydrogen-bond acceptors (Lipinski definition) is 5. The molecule has 0 aliphatic heterocycles. The molecule has 0 spiro atoms. The molecule has 0 aliphatic carbocycles. The summed E-state index contributed by atoms with van der Waals surface area (Å²) in [5.74, 6) is -0.354. The highest BCUT2D eigenvalue weighted by Crippen LogP contribution is 2.30. The summed E-state index contributed by atoms with van der Waals surface area (Å²) in [5, 5.41) is 3.60. The average molecular weight is 367 g/mol. The van der Waals surface area contributed by atoms with Crippen LogP contribution in [0, 0.1) is 6.92 Å². The number of carbonyl (C=O) groups is 1. The van der Waals surface area contributed by atoms with E-state index in [1.54, 1.807) is 32.0 Å². The fourth-order valence-corrected chi connectivity index (χ4v) is 4.17. The van der Waals surface area contributed by atoms with Gasteiger partial charge in [0.15, 0.2) is 9.84 Å². The average Bonchev–Trinajstić information content (AvgIpc) is 2.90. The minimum absolute atomic E-state index is 0.0202. The molecule has 7 heteroatoms. The molecule has 1 aromatic carbocycles. The standard InChI is InChI=1S/C17H22N2O3S2/c1-6-24(21,22)13-10-8-7-9-12(13)19-15(20)14-11(2)18-16(23-14)17(3,4)5/h7-10H,6H2,1-5H3,(H,19,20). The highest BCUT2D eigenvalue weighted by atomic mass is 32.2. The lowest BCUT2D eigenvalue weighted by atomic mass is 9.98. The third-order valence-electron chi connectivity index (χ3n) is 3.49. The van der Waals surface area contributed by atoms with E-state index in [-0.39, 0.29) is 22.0 Å². The third-order valence-corrected chi connectivity index (χ3v) is 6.86. The van der Waals surface area contributed by atoms with Crippen molar-refractivity contribution in [2.45, 2.75) is 44.9 Å². The van der Waals surface area contributed by atoms with Crippen LogP contribution < -0.4 is 5.32 Å². The number of nitrogens with zero attached hydrogens (tertiary/aromatic N) is 1. The monoisotopic (exact) mass is 366 g/mol. The summed E-state index contributed by atoms with van der Waals surface area (Å²) in [5.41, 5.74) is 0.810. The number of aryl methyl sites for hydroxylation is 1. The molecule has 1 aromatic heterocycles. The molecule has 130 valence electrons. The molecule has 0 atom stereocenters. The quantitative estimate of drug-likeness (QED) is 0.893. The van der Waals surface area contributed by atoms with Crippen molar-refractivity contribution in [3.8, 4) is 0 Å². The maximum atomic E-state index is 12.6. The molecule has 24 heavy (non-hydrogen) atoms. The van der Waals surface area contributed by atoms with Crippen LogP contribution >= 0.6 is 11.3 Å². The first-order chi connectivity index (χ1) is 11.1. The topological polar surface area (TPSA) is 76.1 Å². The Kier molecular flexibility index (Phi) is 5.15. The molecular weight excluding hydrogens is 344 g/mol. The second kappa shape index (κ2) is 6.64. The molecule has 0 saturated heterocycles. The number of carbonyl (C=O) groups excluding carboxylic acids is 1. The molecule has 1 amide bonds. The van der Waals surface area contributed by atoms with E-state index in [0.29, 0.717) is 16.3 Å². The molecule has 0 unspecified atom stereocenters. The first kappa shape index (κ1) is 18.6. The first-order valence-corrected chi connectivity index (χ1v) is 10.1. The molecule has 0 fully saturated rings. The Balaban J connectivity index is 2.37. The summed E-state index contributed by atoms with van der Waals surface area (Å²) in [4.78, 5) is 17.7. The summed E-state index contributed by atoms with van der Waals surface area (Å²) in [6, 6.07) is 6.45. The Bertz CT molecular complexity index is 862. The van der Waals surface area contributed by atoms with E-state index in [1.165, 1.54) is 17.4 Å². The van der Waals surface area contributed by atoms with Gasteiger partial charge in [-0.05, 0) is 19.1 Å². The highest BCUT2D eigenvalue weighted by Gasteiger charge is 2.24. The van der Waals surface area contributed by atoms with Crippen molar-refractivity contribution in [2.24, 2.45) is 0 Å². The summed E-state index contributed by atoms with van der Waals surface area (Å²) >= 11 is 1.34. The SMILES string of the molecule is CCS(=O)(=O)c1ccccc1NC(=O)c1sc(C(C)(C)C)nc1C. The number of rotatable bonds is 4. The maximum Gasteiger partial charge on any atom is 0.267 e. The Hall–Kier alpha value is -1.73. The normalized spacial score (nSPS) is 12.2. The van der Waals surface area contributed by atoms with Crippen LogP contribution in [0.15, 0.2) is 29.2 Å². The number of anilines is 1. The molecule has 1 heterocycles. The number of nitrogens with one attached hydrogen (secondary N) is 1. The number of thiazole rings is 1. The largest absolute Gasteiger partial charge is 0.320 e. The van der Waals surface area contributed by atoms with E-state index in [9.17, 15) is 13.2 Å². The minimum Gasteiger partial charge on any atom is -0.320 e. The number of sulfone groups is 1. The van der Waals surface area contributed by atoms with Gasteiger partial charge in [0.1, 0.15) is 4.88 Å². The van der Waals surface area contributed by atoms with Gasteiger partial charge in [-0.25, -0.2) is 13.4 Å². The summed E-state index contributed by atoms with van der Waals surface area (Å²) in [7, 11) is -3.41. The van der Waals surface area contributed by atoms with Crippen molar-refractivity contribution in [3.63, 3.8) is 0 Å². The van der Waals surface area contributed by atoms with Gasteiger partial charge in [-0.15, -0.1) is 11.3 Å². The van der Waals surface area contributed by atoms with Crippen LogP contribution in [-0.4, -0.2) is 25.1 Å². The molecule has 2 aromatic rings. The van der Waals surface area contributed by atoms with Crippen molar-refractivity contribution in [1.29, 1.82) is 0 Å². The zero-order valence-electron chi connectivity index (χ0n) is 14.5. The van der Waals surface area contributed by atoms with Gasteiger partial charge in [-0.1, -0.05) is 39.8 Å². The van der Waals surface area contributed by atoms with Gasteiger partial charge >= 0.3 is 0 Å². The molecule has 0 aliphatic rings. The molecule has 2 rings (SSSR count). The molecule has 0 radical (unpaired) electrons. The van der Waals surface area contributed by atoms with Gasteiger partial charge in [-0.2, -0.15) is 0 Å². The van der Waals surface area contributed by atoms with Crippen LogP contribution in [0.4, 0.5) is 5.69 Å². The molecule has 0 bridgehead atoms. The van der Waals surface area contributed by atoms with Crippen molar-refractivity contribution in [3.05, 3.63) is 39.8 Å². The van der Waals surface area contributed by atoms with Crippen LogP contribution in [0.5, 0.6) is 0 Å². The van der Waals surface area contributed by atoms with Crippen LogP contribution in [-0.2, 0) is 15.3 Å². The van der Waals surface area contributed by atoms with E-state index in [0.717, 1.165) is 5.01 Å². The van der Waals surface area contributed by atoms with Crippen LogP contribution in [0.3, 0.4) is 0 Å². The van der Waals surface area contributed by atoms with E-state index >= 15 is 0 Å². The molecule has 5 nitrogen and oxygen atoms in total. The number of para-hydroxylation sites is 1. The van der Waals surface area contributed by atoms with Crippen molar-refractivity contribution >= 4 is 32.8 Å². The van der Waals surface area contributed by atoms with Gasteiger partial charge in [0.25, 0.3) is 5.91 Å². The van der Waals surface area contributed by atoms with Gasteiger partial charge in [0.2, 0.25) is 0 Å². The second-order valence-electron chi connectivity index (χ2n) is 6.54. The number of amides is 1. The van der Waals surface area contributed by atoms with Gasteiger partial charge in [0.05, 0.1) is 27.0 Å². The predicted octanol–water partition coefficient (Wildman–Crippen LogP) is 3.79. The van der Waals surface area contributed by atoms with Crippen LogP contribution in [0.1, 0.15) is 48.1 Å². The molecule has 0 saturated carbocycles. The summed E-state index contributed by atoms with van der Waals surface area (Å²) in [6.45, 7) is 9.48. The summed E-state index contributed by atoms with van der Waals surface area (Å²) in [6.07, 6.45) is 0. The van der Waals surface area contributed by atoms with Crippen molar-refractivity contribution in [2.75, 3.05) is 11.1 Å². The van der Waals surface area contributed by atoms with Crippen LogP contribution in [0.2, 0.25) is 0 Å². The van der Waals surface area contributed by atoms with Crippen molar-refractivity contribution in [1.82, 2.24) is 4.98 Å². The van der Waals surface area contributed by atoms with Gasteiger partial charge < -0.3 is 5.32 Å². The van der Waals surface area contributed by atoms with Crippen LogP contribution in [0.25, 0.3) is 0 Å². The van der Waals surface area contributed by atoms with Crippen molar-refractivity contribution < 1.29 is 13.2 Å². The Morgan fingerprint density at radius 2 is 1.88 bits per heavy atom. The highest BCUT2D eigenvalue weighted by molar-refractivity contribution is 7.91. The number of benzene rings is 1. The Labute approximate surface area is 147 Å². The number of hydrogen-bond donors (Lipinski definition) is 1. The van der Waals surface area contributed by atoms with E-state index in [4.69, 9.17) is 0 Å². The fourth-order valence-electron chi connectivity index (χ4n) is 2.10. The van der Waals surface area contributed by atoms with E-state index in [1.807, 2.05) is 20.8 Å². The Morgan fingerprint density at radius 1 is 1.25 bits per heavy atom. The predicted molar refractivity (Wildman–Crippen MR) is 97.7 cm³/mol. The maximum absolute atomic E-state index is 12.6. The van der Waals surface area contributed by atoms with E-state index in [2.05, 4.69) is 10.3 Å².